The minimum atomic E-state index is -0.858. The average molecular weight is 251 g/mol. The Morgan fingerprint density at radius 3 is 2.47 bits per heavy atom. The molecule has 0 aromatic heterocycles. The fourth-order valence-corrected chi connectivity index (χ4v) is 1.85. The normalized spacial score (nSPS) is 12.5. The number of aliphatic hydroxyl groups is 1. The second kappa shape index (κ2) is 4.86. The van der Waals surface area contributed by atoms with Crippen LogP contribution in [0, 0.1) is 12.7 Å². The third-order valence-corrected chi connectivity index (χ3v) is 2.91. The van der Waals surface area contributed by atoms with Crippen LogP contribution in [-0.2, 0) is 0 Å². The van der Waals surface area contributed by atoms with Gasteiger partial charge in [0.2, 0.25) is 0 Å². The van der Waals surface area contributed by atoms with Crippen LogP contribution in [0.2, 0.25) is 5.02 Å². The lowest BCUT2D eigenvalue weighted by atomic mass is 10.0. The molecular formula is C14H12ClFO. The third-order valence-electron chi connectivity index (χ3n) is 2.68. The summed E-state index contributed by atoms with van der Waals surface area (Å²) in [7, 11) is 0. The van der Waals surface area contributed by atoms with Gasteiger partial charge in [-0.1, -0.05) is 35.9 Å². The van der Waals surface area contributed by atoms with Gasteiger partial charge in [0.25, 0.3) is 0 Å². The van der Waals surface area contributed by atoms with Crippen molar-refractivity contribution in [1.82, 2.24) is 0 Å². The summed E-state index contributed by atoms with van der Waals surface area (Å²) in [5.41, 5.74) is 1.74. The highest BCUT2D eigenvalue weighted by Gasteiger charge is 2.12. The molecule has 0 aliphatic carbocycles. The Bertz CT molecular complexity index is 539. The highest BCUT2D eigenvalue weighted by molar-refractivity contribution is 6.30. The maximum absolute atomic E-state index is 13.4. The first-order chi connectivity index (χ1) is 8.08. The van der Waals surface area contributed by atoms with E-state index in [1.165, 1.54) is 6.07 Å². The Morgan fingerprint density at radius 2 is 1.82 bits per heavy atom. The van der Waals surface area contributed by atoms with Gasteiger partial charge < -0.3 is 5.11 Å². The monoisotopic (exact) mass is 250 g/mol. The van der Waals surface area contributed by atoms with Crippen LogP contribution in [0.25, 0.3) is 0 Å². The van der Waals surface area contributed by atoms with Crippen LogP contribution in [0.15, 0.2) is 42.5 Å². The fraction of sp³-hybridized carbons (Fsp3) is 0.143. The number of halogens is 2. The van der Waals surface area contributed by atoms with Gasteiger partial charge in [-0.05, 0) is 41.8 Å². The summed E-state index contributed by atoms with van der Waals surface area (Å²) in [4.78, 5) is 0. The number of aliphatic hydroxyl groups excluding tert-OH is 1. The van der Waals surface area contributed by atoms with Crippen molar-refractivity contribution in [3.05, 3.63) is 70.0 Å². The number of rotatable bonds is 2. The Morgan fingerprint density at radius 1 is 1.12 bits per heavy atom. The second-order valence-electron chi connectivity index (χ2n) is 3.97. The van der Waals surface area contributed by atoms with Gasteiger partial charge in [-0.2, -0.15) is 0 Å². The zero-order valence-electron chi connectivity index (χ0n) is 9.32. The van der Waals surface area contributed by atoms with Gasteiger partial charge >= 0.3 is 0 Å². The van der Waals surface area contributed by atoms with Crippen LogP contribution >= 0.6 is 11.6 Å². The van der Waals surface area contributed by atoms with E-state index in [9.17, 15) is 9.50 Å². The Kier molecular flexibility index (Phi) is 3.46. The molecule has 1 N–H and O–H groups in total. The van der Waals surface area contributed by atoms with Gasteiger partial charge in [0, 0.05) is 5.02 Å². The summed E-state index contributed by atoms with van der Waals surface area (Å²) in [6.07, 6.45) is -0.858. The van der Waals surface area contributed by atoms with Crippen molar-refractivity contribution in [2.75, 3.05) is 0 Å². The van der Waals surface area contributed by atoms with Crippen LogP contribution < -0.4 is 0 Å². The van der Waals surface area contributed by atoms with Crippen LogP contribution in [-0.4, -0.2) is 5.11 Å². The molecular weight excluding hydrogens is 239 g/mol. The summed E-state index contributed by atoms with van der Waals surface area (Å²) >= 11 is 5.85. The molecule has 1 unspecified atom stereocenters. The molecule has 2 rings (SSSR count). The quantitative estimate of drug-likeness (QED) is 0.858. The van der Waals surface area contributed by atoms with Crippen molar-refractivity contribution >= 4 is 11.6 Å². The minimum absolute atomic E-state index is 0.316. The lowest BCUT2D eigenvalue weighted by Gasteiger charge is -2.12. The molecule has 0 amide bonds. The molecule has 0 aliphatic rings. The third kappa shape index (κ3) is 2.65. The van der Waals surface area contributed by atoms with Crippen molar-refractivity contribution in [2.24, 2.45) is 0 Å². The highest BCUT2D eigenvalue weighted by Crippen LogP contribution is 2.25. The van der Waals surface area contributed by atoms with Crippen molar-refractivity contribution in [3.8, 4) is 0 Å². The number of hydrogen-bond acceptors (Lipinski definition) is 1. The van der Waals surface area contributed by atoms with E-state index in [1.807, 2.05) is 0 Å². The fourth-order valence-electron chi connectivity index (χ4n) is 1.65. The Balaban J connectivity index is 2.36. The standard InChI is InChI=1S/C14H12ClFO/c1-9-5-6-11(8-13(9)16)14(17)10-3-2-4-12(15)7-10/h2-8,14,17H,1H3. The molecule has 17 heavy (non-hydrogen) atoms. The molecule has 0 spiro atoms. The molecule has 0 fully saturated rings. The number of aryl methyl sites for hydroxylation is 1. The molecule has 2 aromatic carbocycles. The van der Waals surface area contributed by atoms with Crippen molar-refractivity contribution in [3.63, 3.8) is 0 Å². The molecule has 0 radical (unpaired) electrons. The van der Waals surface area contributed by atoms with E-state index in [2.05, 4.69) is 0 Å². The van der Waals surface area contributed by atoms with E-state index in [0.29, 0.717) is 21.7 Å². The topological polar surface area (TPSA) is 20.2 Å². The molecule has 0 saturated heterocycles. The van der Waals surface area contributed by atoms with Gasteiger partial charge in [-0.25, -0.2) is 4.39 Å². The van der Waals surface area contributed by atoms with Gasteiger partial charge in [-0.3, -0.25) is 0 Å². The molecule has 0 bridgehead atoms. The molecule has 1 atom stereocenters. The van der Waals surface area contributed by atoms with E-state index in [1.54, 1.807) is 43.3 Å². The summed E-state index contributed by atoms with van der Waals surface area (Å²) in [6, 6.07) is 11.6. The van der Waals surface area contributed by atoms with E-state index in [-0.39, 0.29) is 5.82 Å². The summed E-state index contributed by atoms with van der Waals surface area (Å²) < 4.78 is 13.4. The lowest BCUT2D eigenvalue weighted by Crippen LogP contribution is -2.00. The molecule has 88 valence electrons. The Labute approximate surface area is 104 Å². The molecule has 1 nitrogen and oxygen atoms in total. The van der Waals surface area contributed by atoms with Crippen molar-refractivity contribution in [2.45, 2.75) is 13.0 Å². The van der Waals surface area contributed by atoms with E-state index < -0.39 is 6.10 Å². The largest absolute Gasteiger partial charge is 0.384 e. The molecule has 0 aliphatic heterocycles. The first-order valence-corrected chi connectivity index (χ1v) is 5.65. The van der Waals surface area contributed by atoms with Gasteiger partial charge in [-0.15, -0.1) is 0 Å². The predicted molar refractivity (Wildman–Crippen MR) is 66.7 cm³/mol. The molecule has 0 saturated carbocycles. The van der Waals surface area contributed by atoms with Crippen LogP contribution in [0.3, 0.4) is 0 Å². The average Bonchev–Trinajstić information content (AvgIpc) is 2.32. The van der Waals surface area contributed by atoms with Crippen molar-refractivity contribution in [1.29, 1.82) is 0 Å². The molecule has 2 aromatic rings. The van der Waals surface area contributed by atoms with Gasteiger partial charge in [0.1, 0.15) is 11.9 Å². The predicted octanol–water partition coefficient (Wildman–Crippen LogP) is 3.87. The summed E-state index contributed by atoms with van der Waals surface area (Å²) in [6.45, 7) is 1.69. The lowest BCUT2D eigenvalue weighted by molar-refractivity contribution is 0.220. The number of benzene rings is 2. The number of hydrogen-bond donors (Lipinski definition) is 1. The van der Waals surface area contributed by atoms with E-state index in [0.717, 1.165) is 0 Å². The zero-order valence-corrected chi connectivity index (χ0v) is 10.1. The van der Waals surface area contributed by atoms with Crippen LogP contribution in [0.4, 0.5) is 4.39 Å². The van der Waals surface area contributed by atoms with E-state index >= 15 is 0 Å². The molecule has 0 heterocycles. The maximum atomic E-state index is 13.4. The Hall–Kier alpha value is -1.38. The van der Waals surface area contributed by atoms with Crippen molar-refractivity contribution < 1.29 is 9.50 Å². The van der Waals surface area contributed by atoms with E-state index in [4.69, 9.17) is 11.6 Å². The first kappa shape index (κ1) is 12.1. The summed E-state index contributed by atoms with van der Waals surface area (Å²) in [5, 5.41) is 10.7. The van der Waals surface area contributed by atoms with Crippen LogP contribution in [0.5, 0.6) is 0 Å². The summed E-state index contributed by atoms with van der Waals surface area (Å²) in [5.74, 6) is -0.316. The maximum Gasteiger partial charge on any atom is 0.126 e. The molecule has 3 heteroatoms. The minimum Gasteiger partial charge on any atom is -0.384 e. The SMILES string of the molecule is Cc1ccc(C(O)c2cccc(Cl)c2)cc1F. The highest BCUT2D eigenvalue weighted by atomic mass is 35.5. The second-order valence-corrected chi connectivity index (χ2v) is 4.40. The van der Waals surface area contributed by atoms with Gasteiger partial charge in [0.05, 0.1) is 0 Å². The smallest absolute Gasteiger partial charge is 0.126 e. The van der Waals surface area contributed by atoms with Gasteiger partial charge in [0.15, 0.2) is 0 Å². The zero-order chi connectivity index (χ0) is 12.4. The first-order valence-electron chi connectivity index (χ1n) is 5.27. The van der Waals surface area contributed by atoms with Crippen LogP contribution in [0.1, 0.15) is 22.8 Å².